The summed E-state index contributed by atoms with van der Waals surface area (Å²) in [5.74, 6) is -0.591. The van der Waals surface area contributed by atoms with Crippen LogP contribution in [0.2, 0.25) is 0 Å². The Labute approximate surface area is 186 Å². The number of rotatable bonds is 6. The van der Waals surface area contributed by atoms with Crippen molar-refractivity contribution in [2.45, 2.75) is 18.7 Å². The van der Waals surface area contributed by atoms with Gasteiger partial charge in [0.1, 0.15) is 5.75 Å². The Morgan fingerprint density at radius 2 is 1.66 bits per heavy atom. The first-order valence-corrected chi connectivity index (χ1v) is 11.9. The molecule has 1 N–H and O–H groups in total. The van der Waals surface area contributed by atoms with Gasteiger partial charge < -0.3 is 14.6 Å². The van der Waals surface area contributed by atoms with E-state index in [1.165, 1.54) is 21.3 Å². The molecule has 2 heterocycles. The maximum atomic E-state index is 13.0. The van der Waals surface area contributed by atoms with E-state index in [1.807, 2.05) is 25.1 Å². The average molecular weight is 456 g/mol. The number of piperazine rings is 1. The summed E-state index contributed by atoms with van der Waals surface area (Å²) < 4.78 is 32.6. The Kier molecular flexibility index (Phi) is 6.03. The SMILES string of the molecule is CCOc1ccc(S(=O)(=O)N2CCN(C(=O)C(=O)c3c(C)[nH]c4ccccc34)CC2)cc1. The Morgan fingerprint density at radius 3 is 2.31 bits per heavy atom. The molecule has 1 aliphatic heterocycles. The molecule has 1 fully saturated rings. The molecule has 2 aromatic carbocycles. The maximum Gasteiger partial charge on any atom is 0.295 e. The number of carbonyl (C=O) groups excluding carboxylic acids is 2. The van der Waals surface area contributed by atoms with E-state index in [4.69, 9.17) is 4.74 Å². The standard InChI is InChI=1S/C23H25N3O5S/c1-3-31-17-8-10-18(11-9-17)32(29,30)26-14-12-25(13-15-26)23(28)22(27)21-16(2)24-20-7-5-4-6-19(20)21/h4-11,24H,3,12-15H2,1-2H3. The first-order chi connectivity index (χ1) is 15.3. The van der Waals surface area contributed by atoms with Gasteiger partial charge in [-0.1, -0.05) is 18.2 Å². The molecule has 0 spiro atoms. The quantitative estimate of drug-likeness (QED) is 0.455. The van der Waals surface area contributed by atoms with Crippen LogP contribution in [0.15, 0.2) is 53.4 Å². The summed E-state index contributed by atoms with van der Waals surface area (Å²) in [6.07, 6.45) is 0. The van der Waals surface area contributed by atoms with Crippen molar-refractivity contribution in [3.8, 4) is 5.75 Å². The number of para-hydroxylation sites is 1. The number of nitrogens with zero attached hydrogens (tertiary/aromatic N) is 2. The highest BCUT2D eigenvalue weighted by atomic mass is 32.2. The minimum atomic E-state index is -3.69. The number of fused-ring (bicyclic) bond motifs is 1. The van der Waals surface area contributed by atoms with Crippen molar-refractivity contribution in [2.75, 3.05) is 32.8 Å². The maximum absolute atomic E-state index is 13.0. The van der Waals surface area contributed by atoms with Crippen molar-refractivity contribution in [1.29, 1.82) is 0 Å². The van der Waals surface area contributed by atoms with Gasteiger partial charge in [0.05, 0.1) is 17.1 Å². The summed E-state index contributed by atoms with van der Waals surface area (Å²) in [7, 11) is -3.69. The minimum absolute atomic E-state index is 0.126. The molecule has 8 nitrogen and oxygen atoms in total. The summed E-state index contributed by atoms with van der Waals surface area (Å²) >= 11 is 0. The molecule has 0 radical (unpaired) electrons. The lowest BCUT2D eigenvalue weighted by Crippen LogP contribution is -2.52. The lowest BCUT2D eigenvalue weighted by atomic mass is 10.1. The second-order valence-corrected chi connectivity index (χ2v) is 9.54. The van der Waals surface area contributed by atoms with Crippen LogP contribution in [0.25, 0.3) is 10.9 Å². The highest BCUT2D eigenvalue weighted by Crippen LogP contribution is 2.24. The zero-order valence-corrected chi connectivity index (χ0v) is 18.8. The van der Waals surface area contributed by atoms with Gasteiger partial charge in [-0.2, -0.15) is 4.31 Å². The largest absolute Gasteiger partial charge is 0.494 e. The van der Waals surface area contributed by atoms with Crippen LogP contribution >= 0.6 is 0 Å². The fourth-order valence-corrected chi connectivity index (χ4v) is 5.40. The fourth-order valence-electron chi connectivity index (χ4n) is 3.97. The second-order valence-electron chi connectivity index (χ2n) is 7.60. The van der Waals surface area contributed by atoms with Crippen LogP contribution in [0.4, 0.5) is 0 Å². The summed E-state index contributed by atoms with van der Waals surface area (Å²) in [6.45, 7) is 4.68. The molecule has 32 heavy (non-hydrogen) atoms. The summed E-state index contributed by atoms with van der Waals surface area (Å²) in [4.78, 5) is 30.6. The summed E-state index contributed by atoms with van der Waals surface area (Å²) in [5, 5.41) is 0.708. The molecular formula is C23H25N3O5S. The van der Waals surface area contributed by atoms with Gasteiger partial charge in [0, 0.05) is 42.8 Å². The molecule has 3 aromatic rings. The molecule has 0 aliphatic carbocycles. The molecule has 1 aromatic heterocycles. The number of nitrogens with one attached hydrogen (secondary N) is 1. The number of carbonyl (C=O) groups is 2. The number of amides is 1. The van der Waals surface area contributed by atoms with Crippen molar-refractivity contribution in [3.05, 3.63) is 59.8 Å². The molecule has 0 bridgehead atoms. The van der Waals surface area contributed by atoms with Crippen LogP contribution in [0.3, 0.4) is 0 Å². The normalized spacial score (nSPS) is 15.1. The van der Waals surface area contributed by atoms with Crippen molar-refractivity contribution in [2.24, 2.45) is 0 Å². The van der Waals surface area contributed by atoms with E-state index < -0.39 is 21.7 Å². The molecule has 0 atom stereocenters. The molecule has 1 saturated heterocycles. The van der Waals surface area contributed by atoms with E-state index in [0.717, 1.165) is 5.52 Å². The number of ketones is 1. The molecule has 4 rings (SSSR count). The number of benzene rings is 2. The number of hydrogen-bond acceptors (Lipinski definition) is 5. The number of aromatic nitrogens is 1. The predicted molar refractivity (Wildman–Crippen MR) is 120 cm³/mol. The third-order valence-electron chi connectivity index (χ3n) is 5.61. The van der Waals surface area contributed by atoms with Crippen LogP contribution < -0.4 is 4.74 Å². The van der Waals surface area contributed by atoms with Crippen LogP contribution in [0.1, 0.15) is 23.0 Å². The molecule has 0 unspecified atom stereocenters. The average Bonchev–Trinajstić information content (AvgIpc) is 3.14. The van der Waals surface area contributed by atoms with Gasteiger partial charge in [0.25, 0.3) is 11.7 Å². The Bertz CT molecular complexity index is 1260. The zero-order chi connectivity index (χ0) is 22.9. The smallest absolute Gasteiger partial charge is 0.295 e. The lowest BCUT2D eigenvalue weighted by molar-refractivity contribution is -0.127. The predicted octanol–water partition coefficient (Wildman–Crippen LogP) is 2.59. The van der Waals surface area contributed by atoms with Crippen molar-refractivity contribution in [1.82, 2.24) is 14.2 Å². The Balaban J connectivity index is 1.45. The number of sulfonamides is 1. The van der Waals surface area contributed by atoms with E-state index in [0.29, 0.717) is 29.0 Å². The Hall–Kier alpha value is -3.17. The van der Waals surface area contributed by atoms with E-state index >= 15 is 0 Å². The molecule has 1 amide bonds. The van der Waals surface area contributed by atoms with Crippen molar-refractivity contribution < 1.29 is 22.7 Å². The van der Waals surface area contributed by atoms with Crippen molar-refractivity contribution in [3.63, 3.8) is 0 Å². The number of Topliss-reactive ketones (excluding diaryl/α,β-unsaturated/α-hetero) is 1. The summed E-state index contributed by atoms with van der Waals surface area (Å²) in [6, 6.07) is 13.6. The van der Waals surface area contributed by atoms with E-state index in [1.54, 1.807) is 25.1 Å². The third kappa shape index (κ3) is 4.01. The highest BCUT2D eigenvalue weighted by molar-refractivity contribution is 7.89. The van der Waals surface area contributed by atoms with Crippen LogP contribution in [-0.2, 0) is 14.8 Å². The topological polar surface area (TPSA) is 99.8 Å². The number of aryl methyl sites for hydroxylation is 1. The van der Waals surface area contributed by atoms with Gasteiger partial charge in [-0.15, -0.1) is 0 Å². The zero-order valence-electron chi connectivity index (χ0n) is 18.0. The number of H-pyrrole nitrogens is 1. The van der Waals surface area contributed by atoms with Gasteiger partial charge in [-0.3, -0.25) is 9.59 Å². The molecule has 0 saturated carbocycles. The van der Waals surface area contributed by atoms with Gasteiger partial charge in [-0.25, -0.2) is 8.42 Å². The monoisotopic (exact) mass is 455 g/mol. The number of hydrogen-bond donors (Lipinski definition) is 1. The summed E-state index contributed by atoms with van der Waals surface area (Å²) in [5.41, 5.74) is 1.81. The van der Waals surface area contributed by atoms with E-state index in [-0.39, 0.29) is 31.1 Å². The molecular weight excluding hydrogens is 430 g/mol. The fraction of sp³-hybridized carbons (Fsp3) is 0.304. The van der Waals surface area contributed by atoms with Gasteiger partial charge >= 0.3 is 0 Å². The second kappa shape index (κ2) is 8.76. The van der Waals surface area contributed by atoms with Crippen LogP contribution in [0.5, 0.6) is 5.75 Å². The Morgan fingerprint density at radius 1 is 1.00 bits per heavy atom. The first kappa shape index (κ1) is 22.0. The number of aromatic amines is 1. The van der Waals surface area contributed by atoms with Gasteiger partial charge in [-0.05, 0) is 44.2 Å². The van der Waals surface area contributed by atoms with Crippen molar-refractivity contribution >= 4 is 32.6 Å². The van der Waals surface area contributed by atoms with Gasteiger partial charge in [0.15, 0.2) is 0 Å². The van der Waals surface area contributed by atoms with Crippen LogP contribution in [0, 0.1) is 6.92 Å². The minimum Gasteiger partial charge on any atom is -0.494 e. The molecule has 1 aliphatic rings. The molecule has 168 valence electrons. The van der Waals surface area contributed by atoms with Crippen LogP contribution in [-0.4, -0.2) is 67.1 Å². The number of ether oxygens (including phenoxy) is 1. The van der Waals surface area contributed by atoms with Gasteiger partial charge in [0.2, 0.25) is 10.0 Å². The first-order valence-electron chi connectivity index (χ1n) is 10.5. The molecule has 9 heteroatoms. The lowest BCUT2D eigenvalue weighted by Gasteiger charge is -2.33. The van der Waals surface area contributed by atoms with E-state index in [9.17, 15) is 18.0 Å². The van der Waals surface area contributed by atoms with E-state index in [2.05, 4.69) is 4.98 Å². The highest BCUT2D eigenvalue weighted by Gasteiger charge is 2.33. The third-order valence-corrected chi connectivity index (χ3v) is 7.53.